The average molecular weight is 297 g/mol. The van der Waals surface area contributed by atoms with Crippen LogP contribution < -0.4 is 5.32 Å². The molecule has 1 rings (SSSR count). The quantitative estimate of drug-likeness (QED) is 0.760. The second-order valence-electron chi connectivity index (χ2n) is 5.84. The van der Waals surface area contributed by atoms with Crippen LogP contribution in [0.2, 0.25) is 5.02 Å². The molecule has 3 atom stereocenters. The van der Waals surface area contributed by atoms with Crippen molar-refractivity contribution in [2.24, 2.45) is 0 Å². The summed E-state index contributed by atoms with van der Waals surface area (Å²) in [5.41, 5.74) is 1.31. The van der Waals surface area contributed by atoms with E-state index in [9.17, 15) is 0 Å². The lowest BCUT2D eigenvalue weighted by Crippen LogP contribution is -2.41. The van der Waals surface area contributed by atoms with E-state index in [4.69, 9.17) is 11.6 Å². The van der Waals surface area contributed by atoms with E-state index in [2.05, 4.69) is 57.1 Å². The van der Waals surface area contributed by atoms with E-state index in [0.29, 0.717) is 18.1 Å². The van der Waals surface area contributed by atoms with Crippen molar-refractivity contribution in [2.45, 2.75) is 58.7 Å². The Morgan fingerprint density at radius 3 is 2.30 bits per heavy atom. The zero-order valence-electron chi connectivity index (χ0n) is 13.5. The maximum Gasteiger partial charge on any atom is 0.0406 e. The summed E-state index contributed by atoms with van der Waals surface area (Å²) in [5.74, 6) is 0. The summed E-state index contributed by atoms with van der Waals surface area (Å²) in [7, 11) is 2.19. The number of likely N-dealkylation sites (N-methyl/N-ethyl adjacent to an activating group) is 1. The molecule has 0 aromatic heterocycles. The maximum absolute atomic E-state index is 5.95. The van der Waals surface area contributed by atoms with Crippen LogP contribution in [0.1, 0.15) is 52.1 Å². The summed E-state index contributed by atoms with van der Waals surface area (Å²) >= 11 is 5.95. The van der Waals surface area contributed by atoms with Gasteiger partial charge in [0, 0.05) is 29.7 Å². The molecule has 0 heterocycles. The molecule has 0 saturated heterocycles. The molecule has 114 valence electrons. The minimum atomic E-state index is 0.394. The van der Waals surface area contributed by atoms with Gasteiger partial charge in [-0.3, -0.25) is 4.90 Å². The monoisotopic (exact) mass is 296 g/mol. The van der Waals surface area contributed by atoms with Crippen molar-refractivity contribution in [2.75, 3.05) is 13.6 Å². The van der Waals surface area contributed by atoms with Gasteiger partial charge in [-0.1, -0.05) is 37.1 Å². The number of halogens is 1. The van der Waals surface area contributed by atoms with Gasteiger partial charge in [0.15, 0.2) is 0 Å². The predicted molar refractivity (Wildman–Crippen MR) is 89.5 cm³/mol. The molecule has 0 aliphatic heterocycles. The number of rotatable bonds is 8. The fourth-order valence-corrected chi connectivity index (χ4v) is 2.53. The smallest absolute Gasteiger partial charge is 0.0406 e. The molecule has 0 aliphatic rings. The molecule has 1 N–H and O–H groups in total. The Morgan fingerprint density at radius 2 is 1.75 bits per heavy atom. The molecule has 0 spiro atoms. The predicted octanol–water partition coefficient (Wildman–Crippen LogP) is 4.50. The molecule has 0 saturated carbocycles. The van der Waals surface area contributed by atoms with Crippen LogP contribution >= 0.6 is 11.6 Å². The molecule has 1 aromatic carbocycles. The standard InChI is InChI=1S/C17H29ClN2/c1-6-7-13(2)19-12-14(3)20(5)15(4)16-8-10-17(18)11-9-16/h8-11,13-15,19H,6-7,12H2,1-5H3. The van der Waals surface area contributed by atoms with E-state index in [0.717, 1.165) is 11.6 Å². The van der Waals surface area contributed by atoms with Crippen LogP contribution in [0.15, 0.2) is 24.3 Å². The summed E-state index contributed by atoms with van der Waals surface area (Å²) in [6.45, 7) is 10.0. The van der Waals surface area contributed by atoms with Crippen LogP contribution in [0.4, 0.5) is 0 Å². The van der Waals surface area contributed by atoms with Crippen molar-refractivity contribution >= 4 is 11.6 Å². The van der Waals surface area contributed by atoms with E-state index in [1.807, 2.05) is 12.1 Å². The highest BCUT2D eigenvalue weighted by Gasteiger charge is 2.17. The van der Waals surface area contributed by atoms with Gasteiger partial charge in [-0.25, -0.2) is 0 Å². The first-order valence-corrected chi connectivity index (χ1v) is 8.04. The number of hydrogen-bond acceptors (Lipinski definition) is 2. The van der Waals surface area contributed by atoms with Gasteiger partial charge in [0.1, 0.15) is 0 Å². The molecule has 3 heteroatoms. The summed E-state index contributed by atoms with van der Waals surface area (Å²) in [6.07, 6.45) is 2.47. The number of benzene rings is 1. The molecule has 20 heavy (non-hydrogen) atoms. The molecule has 0 amide bonds. The molecule has 0 radical (unpaired) electrons. The van der Waals surface area contributed by atoms with Crippen LogP contribution in [0.3, 0.4) is 0 Å². The third kappa shape index (κ3) is 5.43. The Balaban J connectivity index is 2.50. The Kier molecular flexibility index (Phi) is 7.57. The van der Waals surface area contributed by atoms with Crippen LogP contribution in [-0.4, -0.2) is 30.6 Å². The lowest BCUT2D eigenvalue weighted by molar-refractivity contribution is 0.189. The number of nitrogens with one attached hydrogen (secondary N) is 1. The Bertz CT molecular complexity index is 377. The highest BCUT2D eigenvalue weighted by molar-refractivity contribution is 6.30. The second kappa shape index (κ2) is 8.66. The molecule has 3 unspecified atom stereocenters. The van der Waals surface area contributed by atoms with Gasteiger partial charge in [-0.15, -0.1) is 0 Å². The first-order chi connectivity index (χ1) is 9.45. The third-order valence-electron chi connectivity index (χ3n) is 4.14. The van der Waals surface area contributed by atoms with E-state index in [1.54, 1.807) is 0 Å². The van der Waals surface area contributed by atoms with E-state index in [-0.39, 0.29) is 0 Å². The van der Waals surface area contributed by atoms with Gasteiger partial charge in [0.25, 0.3) is 0 Å². The average Bonchev–Trinajstić information content (AvgIpc) is 2.44. The fraction of sp³-hybridized carbons (Fsp3) is 0.647. The largest absolute Gasteiger partial charge is 0.313 e. The van der Waals surface area contributed by atoms with Crippen LogP contribution in [-0.2, 0) is 0 Å². The molecule has 2 nitrogen and oxygen atoms in total. The minimum absolute atomic E-state index is 0.394. The van der Waals surface area contributed by atoms with Crippen LogP contribution in [0.5, 0.6) is 0 Å². The van der Waals surface area contributed by atoms with Crippen molar-refractivity contribution < 1.29 is 0 Å². The maximum atomic E-state index is 5.95. The van der Waals surface area contributed by atoms with Gasteiger partial charge in [0.05, 0.1) is 0 Å². The third-order valence-corrected chi connectivity index (χ3v) is 4.39. The highest BCUT2D eigenvalue weighted by atomic mass is 35.5. The van der Waals surface area contributed by atoms with Gasteiger partial charge in [0.2, 0.25) is 0 Å². The fourth-order valence-electron chi connectivity index (χ4n) is 2.41. The van der Waals surface area contributed by atoms with Crippen molar-refractivity contribution in [3.8, 4) is 0 Å². The SMILES string of the molecule is CCCC(C)NCC(C)N(C)C(C)c1ccc(Cl)cc1. The number of nitrogens with zero attached hydrogens (tertiary/aromatic N) is 1. The molecule has 0 aliphatic carbocycles. The van der Waals surface area contributed by atoms with E-state index >= 15 is 0 Å². The Labute approximate surface area is 129 Å². The second-order valence-corrected chi connectivity index (χ2v) is 6.28. The summed E-state index contributed by atoms with van der Waals surface area (Å²) in [5, 5.41) is 4.41. The van der Waals surface area contributed by atoms with Crippen molar-refractivity contribution in [1.82, 2.24) is 10.2 Å². The Hall–Kier alpha value is -0.570. The minimum Gasteiger partial charge on any atom is -0.313 e. The molecular formula is C17H29ClN2. The van der Waals surface area contributed by atoms with Crippen molar-refractivity contribution in [3.63, 3.8) is 0 Å². The zero-order chi connectivity index (χ0) is 15.1. The van der Waals surface area contributed by atoms with Gasteiger partial charge >= 0.3 is 0 Å². The van der Waals surface area contributed by atoms with E-state index in [1.165, 1.54) is 18.4 Å². The van der Waals surface area contributed by atoms with Crippen molar-refractivity contribution in [3.05, 3.63) is 34.9 Å². The normalized spacial score (nSPS) is 16.1. The molecule has 0 fully saturated rings. The summed E-state index contributed by atoms with van der Waals surface area (Å²) < 4.78 is 0. The summed E-state index contributed by atoms with van der Waals surface area (Å²) in [4.78, 5) is 2.41. The van der Waals surface area contributed by atoms with Crippen molar-refractivity contribution in [1.29, 1.82) is 0 Å². The van der Waals surface area contributed by atoms with Gasteiger partial charge in [-0.05, 0) is 51.9 Å². The molecule has 0 bridgehead atoms. The van der Waals surface area contributed by atoms with Gasteiger partial charge < -0.3 is 5.32 Å². The van der Waals surface area contributed by atoms with Gasteiger partial charge in [-0.2, -0.15) is 0 Å². The number of hydrogen-bond donors (Lipinski definition) is 1. The van der Waals surface area contributed by atoms with Crippen LogP contribution in [0, 0.1) is 0 Å². The first-order valence-electron chi connectivity index (χ1n) is 7.66. The molecule has 1 aromatic rings. The topological polar surface area (TPSA) is 15.3 Å². The Morgan fingerprint density at radius 1 is 1.15 bits per heavy atom. The van der Waals surface area contributed by atoms with Crippen LogP contribution in [0.25, 0.3) is 0 Å². The van der Waals surface area contributed by atoms with E-state index < -0.39 is 0 Å². The lowest BCUT2D eigenvalue weighted by Gasteiger charge is -2.32. The zero-order valence-corrected chi connectivity index (χ0v) is 14.2. The molecular weight excluding hydrogens is 268 g/mol. The first kappa shape index (κ1) is 17.5. The lowest BCUT2D eigenvalue weighted by atomic mass is 10.1. The summed E-state index contributed by atoms with van der Waals surface area (Å²) in [6, 6.07) is 9.65. The highest BCUT2D eigenvalue weighted by Crippen LogP contribution is 2.22.